The SMILES string of the molecule is C[C@H](CC1CCC1)C(=O)N1CC[C@@](O)(Cn2cc(C(=O)N3CCN(C(=O)O)CC3)c(-c3ccccc3)cc2=O)C2(CCCC2)C1. The van der Waals surface area contributed by atoms with Crippen molar-refractivity contribution in [3.63, 3.8) is 0 Å². The topological polar surface area (TPSA) is 123 Å². The molecule has 45 heavy (non-hydrogen) atoms. The number of nitrogens with zero attached hydrogens (tertiary/aromatic N) is 4. The molecular weight excluding hydrogens is 572 g/mol. The summed E-state index contributed by atoms with van der Waals surface area (Å²) in [5, 5.41) is 21.8. The Balaban J connectivity index is 1.28. The van der Waals surface area contributed by atoms with E-state index in [4.69, 9.17) is 0 Å². The van der Waals surface area contributed by atoms with Gasteiger partial charge in [-0.1, -0.05) is 69.4 Å². The number of hydrogen-bond donors (Lipinski definition) is 2. The molecule has 2 aliphatic carbocycles. The highest BCUT2D eigenvalue weighted by molar-refractivity contribution is 6.00. The maximum atomic E-state index is 14.0. The molecule has 10 heteroatoms. The summed E-state index contributed by atoms with van der Waals surface area (Å²) in [5.41, 5.74) is -0.398. The molecule has 1 spiro atoms. The fraction of sp³-hybridized carbons (Fsp3) is 0.600. The summed E-state index contributed by atoms with van der Waals surface area (Å²) in [6.07, 6.45) is 9.09. The van der Waals surface area contributed by atoms with E-state index in [-0.39, 0.29) is 56.0 Å². The summed E-state index contributed by atoms with van der Waals surface area (Å²) in [5.74, 6) is 0.528. The highest BCUT2D eigenvalue weighted by atomic mass is 16.4. The van der Waals surface area contributed by atoms with Crippen LogP contribution in [0.5, 0.6) is 0 Å². The summed E-state index contributed by atoms with van der Waals surface area (Å²) in [6.45, 7) is 3.99. The van der Waals surface area contributed by atoms with Crippen molar-refractivity contribution >= 4 is 17.9 Å². The predicted octanol–water partition coefficient (Wildman–Crippen LogP) is 4.30. The van der Waals surface area contributed by atoms with Crippen LogP contribution in [0.1, 0.15) is 75.1 Å². The summed E-state index contributed by atoms with van der Waals surface area (Å²) in [7, 11) is 0. The number of rotatable bonds is 7. The first kappa shape index (κ1) is 31.3. The number of aromatic nitrogens is 1. The Morgan fingerprint density at radius 2 is 1.58 bits per heavy atom. The Kier molecular flexibility index (Phi) is 8.78. The van der Waals surface area contributed by atoms with Crippen LogP contribution in [0.15, 0.2) is 47.4 Å². The van der Waals surface area contributed by atoms with Crippen molar-refractivity contribution < 1.29 is 24.6 Å². The second-order valence-corrected chi connectivity index (χ2v) is 14.0. The number of hydrogen-bond acceptors (Lipinski definition) is 5. The lowest BCUT2D eigenvalue weighted by molar-refractivity contribution is -0.163. The Morgan fingerprint density at radius 3 is 2.20 bits per heavy atom. The number of amides is 3. The molecule has 0 unspecified atom stereocenters. The zero-order chi connectivity index (χ0) is 31.8. The van der Waals surface area contributed by atoms with Crippen molar-refractivity contribution in [2.75, 3.05) is 39.3 Å². The fourth-order valence-electron chi connectivity index (χ4n) is 8.20. The molecule has 2 aliphatic heterocycles. The van der Waals surface area contributed by atoms with Crippen molar-refractivity contribution in [1.29, 1.82) is 0 Å². The zero-order valence-electron chi connectivity index (χ0n) is 26.3. The third-order valence-corrected chi connectivity index (χ3v) is 11.2. The van der Waals surface area contributed by atoms with Gasteiger partial charge in [-0.15, -0.1) is 0 Å². The van der Waals surface area contributed by atoms with E-state index in [0.29, 0.717) is 36.6 Å². The van der Waals surface area contributed by atoms with Crippen LogP contribution in [0.25, 0.3) is 11.1 Å². The van der Waals surface area contributed by atoms with E-state index >= 15 is 0 Å². The quantitative estimate of drug-likeness (QED) is 0.477. The van der Waals surface area contributed by atoms with E-state index in [1.54, 1.807) is 11.1 Å². The molecule has 0 bridgehead atoms. The number of pyridine rings is 1. The predicted molar refractivity (Wildman–Crippen MR) is 170 cm³/mol. The lowest BCUT2D eigenvalue weighted by Gasteiger charge is -2.53. The van der Waals surface area contributed by atoms with Gasteiger partial charge in [-0.3, -0.25) is 14.4 Å². The molecule has 1 aromatic heterocycles. The van der Waals surface area contributed by atoms with E-state index in [9.17, 15) is 29.4 Å². The van der Waals surface area contributed by atoms with Crippen LogP contribution in [0, 0.1) is 17.3 Å². The molecule has 242 valence electrons. The van der Waals surface area contributed by atoms with Crippen molar-refractivity contribution in [3.05, 3.63) is 58.5 Å². The van der Waals surface area contributed by atoms with Crippen LogP contribution in [0.3, 0.4) is 0 Å². The maximum Gasteiger partial charge on any atom is 0.407 e. The van der Waals surface area contributed by atoms with E-state index in [2.05, 4.69) is 0 Å². The van der Waals surface area contributed by atoms with E-state index in [1.165, 1.54) is 34.8 Å². The van der Waals surface area contributed by atoms with E-state index < -0.39 is 17.1 Å². The molecular formula is C35H46N4O6. The van der Waals surface area contributed by atoms with Gasteiger partial charge in [0.15, 0.2) is 0 Å². The van der Waals surface area contributed by atoms with Gasteiger partial charge in [-0.25, -0.2) is 4.79 Å². The minimum absolute atomic E-state index is 0.0287. The standard InChI is InChI=1S/C35H46N4O6/c1-25(20-26-8-7-9-26)31(41)38-15-14-35(45,34(23-38)12-5-6-13-34)24-39-22-29(28(21-30(39)40)27-10-3-2-4-11-27)32(42)36-16-18-37(19-17-36)33(43)44/h2-4,10-11,21-22,25-26,45H,5-9,12-20,23-24H2,1H3,(H,43,44)/t25-,35-/m1/s1. The minimum atomic E-state index is -1.21. The van der Waals surface area contributed by atoms with Gasteiger partial charge in [0.05, 0.1) is 17.7 Å². The van der Waals surface area contributed by atoms with Gasteiger partial charge in [0.2, 0.25) is 5.91 Å². The Labute approximate surface area is 264 Å². The summed E-state index contributed by atoms with van der Waals surface area (Å²) in [4.78, 5) is 57.6. The van der Waals surface area contributed by atoms with Crippen molar-refractivity contribution in [2.24, 2.45) is 17.3 Å². The summed E-state index contributed by atoms with van der Waals surface area (Å²) in [6, 6.07) is 10.8. The van der Waals surface area contributed by atoms with Gasteiger partial charge in [0, 0.05) is 68.4 Å². The Bertz CT molecular complexity index is 1470. The number of carbonyl (C=O) groups is 3. The van der Waals surface area contributed by atoms with Crippen LogP contribution >= 0.6 is 0 Å². The lowest BCUT2D eigenvalue weighted by Crippen LogP contribution is -2.62. The molecule has 0 radical (unpaired) electrons. The zero-order valence-corrected chi connectivity index (χ0v) is 26.3. The average molecular weight is 619 g/mol. The van der Waals surface area contributed by atoms with Crippen LogP contribution in [-0.4, -0.2) is 92.3 Å². The number of carboxylic acid groups (broad SMARTS) is 1. The summed E-state index contributed by atoms with van der Waals surface area (Å²) >= 11 is 0. The molecule has 10 nitrogen and oxygen atoms in total. The van der Waals surface area contributed by atoms with Crippen LogP contribution < -0.4 is 5.56 Å². The number of piperidine rings is 1. The average Bonchev–Trinajstić information content (AvgIpc) is 3.51. The first-order valence-corrected chi connectivity index (χ1v) is 16.7. The van der Waals surface area contributed by atoms with Crippen LogP contribution in [0.2, 0.25) is 0 Å². The normalized spacial score (nSPS) is 24.0. The number of benzene rings is 1. The van der Waals surface area contributed by atoms with Crippen molar-refractivity contribution in [3.8, 4) is 11.1 Å². The molecule has 2 atom stereocenters. The summed E-state index contributed by atoms with van der Waals surface area (Å²) < 4.78 is 1.49. The third kappa shape index (κ3) is 6.13. The molecule has 2 N–H and O–H groups in total. The van der Waals surface area contributed by atoms with E-state index in [1.807, 2.05) is 42.2 Å². The monoisotopic (exact) mass is 618 g/mol. The van der Waals surface area contributed by atoms with Gasteiger partial charge in [-0.05, 0) is 37.2 Å². The van der Waals surface area contributed by atoms with Gasteiger partial charge < -0.3 is 29.5 Å². The van der Waals surface area contributed by atoms with Gasteiger partial charge in [0.25, 0.3) is 11.5 Å². The first-order valence-electron chi connectivity index (χ1n) is 16.7. The molecule has 3 heterocycles. The number of piperazine rings is 1. The number of carbonyl (C=O) groups excluding carboxylic acids is 2. The second kappa shape index (κ2) is 12.6. The maximum absolute atomic E-state index is 14.0. The van der Waals surface area contributed by atoms with Crippen molar-refractivity contribution in [1.82, 2.24) is 19.3 Å². The number of aliphatic hydroxyl groups is 1. The molecule has 1 aromatic carbocycles. The Hall–Kier alpha value is -3.66. The highest BCUT2D eigenvalue weighted by Gasteiger charge is 2.56. The lowest BCUT2D eigenvalue weighted by atomic mass is 9.65. The molecule has 2 saturated carbocycles. The Morgan fingerprint density at radius 1 is 0.911 bits per heavy atom. The van der Waals surface area contributed by atoms with Crippen molar-refractivity contribution in [2.45, 2.75) is 76.9 Å². The second-order valence-electron chi connectivity index (χ2n) is 14.0. The van der Waals surface area contributed by atoms with E-state index in [0.717, 1.165) is 37.7 Å². The molecule has 2 aromatic rings. The number of likely N-dealkylation sites (tertiary alicyclic amines) is 1. The van der Waals surface area contributed by atoms with Gasteiger partial charge in [-0.2, -0.15) is 0 Å². The molecule has 6 rings (SSSR count). The minimum Gasteiger partial charge on any atom is -0.465 e. The van der Waals surface area contributed by atoms with Gasteiger partial charge >= 0.3 is 6.09 Å². The molecule has 4 fully saturated rings. The molecule has 3 amide bonds. The largest absolute Gasteiger partial charge is 0.465 e. The highest BCUT2D eigenvalue weighted by Crippen LogP contribution is 2.52. The fourth-order valence-corrected chi connectivity index (χ4v) is 8.20. The third-order valence-electron chi connectivity index (χ3n) is 11.2. The molecule has 2 saturated heterocycles. The van der Waals surface area contributed by atoms with Crippen LogP contribution in [-0.2, 0) is 11.3 Å². The smallest absolute Gasteiger partial charge is 0.407 e. The first-order chi connectivity index (χ1) is 21.6. The van der Waals surface area contributed by atoms with Crippen LogP contribution in [0.4, 0.5) is 4.79 Å². The molecule has 4 aliphatic rings. The van der Waals surface area contributed by atoms with Gasteiger partial charge in [0.1, 0.15) is 0 Å².